The number of carbonyl (C=O) groups excluding carboxylic acids is 1. The number of urea groups is 1. The first-order valence-corrected chi connectivity index (χ1v) is 8.65. The number of hydrogen-bond donors (Lipinski definition) is 2. The van der Waals surface area contributed by atoms with Crippen molar-refractivity contribution >= 4 is 23.6 Å². The minimum absolute atomic E-state index is 0.350. The number of amides is 2. The van der Waals surface area contributed by atoms with Crippen molar-refractivity contribution in [3.8, 4) is 0 Å². The molecule has 0 bridgehead atoms. The number of hydrazone groups is 1. The first-order valence-electron chi connectivity index (χ1n) is 8.65. The van der Waals surface area contributed by atoms with Gasteiger partial charge in [0.15, 0.2) is 0 Å². The molecule has 0 atom stereocenters. The Hall–Kier alpha value is -2.82. The minimum atomic E-state index is -0.350. The maximum atomic E-state index is 11.9. The molecule has 130 valence electrons. The molecule has 5 heteroatoms. The predicted molar refractivity (Wildman–Crippen MR) is 104 cm³/mol. The summed E-state index contributed by atoms with van der Waals surface area (Å²) in [5.74, 6) is 0. The van der Waals surface area contributed by atoms with Gasteiger partial charge in [0, 0.05) is 24.5 Å². The summed E-state index contributed by atoms with van der Waals surface area (Å²) < 4.78 is 0. The standard InChI is InChI=1S/C20H24N4O/c1-15-7-3-4-8-19(15)22-20(25)23-21-14-17-9-10-18(13-16(17)2)24-11-5-6-12-24/h3-4,7-10,13-14H,5-6,11-12H2,1-2H3,(H2,22,23,25)/b21-14+. The van der Waals surface area contributed by atoms with Gasteiger partial charge in [0.05, 0.1) is 6.21 Å². The van der Waals surface area contributed by atoms with Crippen LogP contribution in [0.5, 0.6) is 0 Å². The van der Waals surface area contributed by atoms with E-state index in [1.54, 1.807) is 6.21 Å². The highest BCUT2D eigenvalue weighted by molar-refractivity contribution is 5.91. The molecule has 3 rings (SSSR count). The molecule has 0 aliphatic carbocycles. The molecule has 1 heterocycles. The van der Waals surface area contributed by atoms with Gasteiger partial charge in [0.1, 0.15) is 0 Å². The number of nitrogens with one attached hydrogen (secondary N) is 2. The van der Waals surface area contributed by atoms with E-state index in [-0.39, 0.29) is 6.03 Å². The van der Waals surface area contributed by atoms with Crippen molar-refractivity contribution in [1.29, 1.82) is 0 Å². The van der Waals surface area contributed by atoms with Crippen molar-refractivity contribution in [2.45, 2.75) is 26.7 Å². The van der Waals surface area contributed by atoms with Gasteiger partial charge >= 0.3 is 6.03 Å². The van der Waals surface area contributed by atoms with Crippen molar-refractivity contribution in [2.24, 2.45) is 5.10 Å². The minimum Gasteiger partial charge on any atom is -0.372 e. The maximum Gasteiger partial charge on any atom is 0.339 e. The van der Waals surface area contributed by atoms with Crippen LogP contribution in [0, 0.1) is 13.8 Å². The van der Waals surface area contributed by atoms with Crippen molar-refractivity contribution in [3.05, 3.63) is 59.2 Å². The van der Waals surface area contributed by atoms with E-state index in [2.05, 4.69) is 39.8 Å². The summed E-state index contributed by atoms with van der Waals surface area (Å²) in [5.41, 5.74) is 7.71. The predicted octanol–water partition coefficient (Wildman–Crippen LogP) is 4.06. The zero-order valence-corrected chi connectivity index (χ0v) is 14.7. The number of nitrogens with zero attached hydrogens (tertiary/aromatic N) is 2. The molecule has 0 unspecified atom stereocenters. The average Bonchev–Trinajstić information content (AvgIpc) is 3.13. The lowest BCUT2D eigenvalue weighted by Crippen LogP contribution is -2.24. The molecule has 2 aromatic rings. The van der Waals surface area contributed by atoms with Gasteiger partial charge < -0.3 is 10.2 Å². The van der Waals surface area contributed by atoms with Crippen LogP contribution < -0.4 is 15.6 Å². The Morgan fingerprint density at radius 3 is 2.56 bits per heavy atom. The summed E-state index contributed by atoms with van der Waals surface area (Å²) in [5, 5.41) is 6.84. The second kappa shape index (κ2) is 7.83. The lowest BCUT2D eigenvalue weighted by atomic mass is 10.1. The molecule has 1 aliphatic rings. The topological polar surface area (TPSA) is 56.7 Å². The van der Waals surface area contributed by atoms with Crippen LogP contribution in [0.1, 0.15) is 29.5 Å². The van der Waals surface area contributed by atoms with Crippen LogP contribution in [0.15, 0.2) is 47.6 Å². The molecule has 5 nitrogen and oxygen atoms in total. The summed E-state index contributed by atoms with van der Waals surface area (Å²) in [7, 11) is 0. The molecule has 25 heavy (non-hydrogen) atoms. The smallest absolute Gasteiger partial charge is 0.339 e. The van der Waals surface area contributed by atoms with E-state index in [1.807, 2.05) is 37.3 Å². The van der Waals surface area contributed by atoms with Crippen LogP contribution in [0.3, 0.4) is 0 Å². The first kappa shape index (κ1) is 17.0. The van der Waals surface area contributed by atoms with Gasteiger partial charge in [-0.05, 0) is 61.6 Å². The van der Waals surface area contributed by atoms with E-state index in [4.69, 9.17) is 0 Å². The third-order valence-corrected chi connectivity index (χ3v) is 4.49. The first-order chi connectivity index (χ1) is 12.1. The summed E-state index contributed by atoms with van der Waals surface area (Å²) >= 11 is 0. The summed E-state index contributed by atoms with van der Waals surface area (Å²) in [6, 6.07) is 13.6. The van der Waals surface area contributed by atoms with E-state index in [0.717, 1.165) is 35.5 Å². The SMILES string of the molecule is Cc1cc(N2CCCC2)ccc1/C=N/NC(=O)Nc1ccccc1C. The maximum absolute atomic E-state index is 11.9. The highest BCUT2D eigenvalue weighted by atomic mass is 16.2. The quantitative estimate of drug-likeness (QED) is 0.653. The monoisotopic (exact) mass is 336 g/mol. The molecular weight excluding hydrogens is 312 g/mol. The highest BCUT2D eigenvalue weighted by Gasteiger charge is 2.12. The number of hydrogen-bond acceptors (Lipinski definition) is 3. The zero-order valence-electron chi connectivity index (χ0n) is 14.7. The van der Waals surface area contributed by atoms with Gasteiger partial charge in [-0.3, -0.25) is 0 Å². The van der Waals surface area contributed by atoms with Crippen molar-refractivity contribution in [1.82, 2.24) is 5.43 Å². The fourth-order valence-corrected chi connectivity index (χ4v) is 3.00. The molecule has 0 aromatic heterocycles. The van der Waals surface area contributed by atoms with Crippen molar-refractivity contribution in [2.75, 3.05) is 23.3 Å². The Labute approximate surface area is 148 Å². The molecule has 0 spiro atoms. The summed E-state index contributed by atoms with van der Waals surface area (Å²) in [6.45, 7) is 6.28. The van der Waals surface area contributed by atoms with E-state index in [1.165, 1.54) is 18.5 Å². The van der Waals surface area contributed by atoms with Gasteiger partial charge in [-0.25, -0.2) is 10.2 Å². The second-order valence-corrected chi connectivity index (χ2v) is 6.37. The van der Waals surface area contributed by atoms with Gasteiger partial charge in [0.2, 0.25) is 0 Å². The summed E-state index contributed by atoms with van der Waals surface area (Å²) in [6.07, 6.45) is 4.21. The van der Waals surface area contributed by atoms with Gasteiger partial charge in [-0.15, -0.1) is 0 Å². The fraction of sp³-hybridized carbons (Fsp3) is 0.300. The molecule has 1 fully saturated rings. The summed E-state index contributed by atoms with van der Waals surface area (Å²) in [4.78, 5) is 14.3. The number of benzene rings is 2. The molecule has 1 aliphatic heterocycles. The normalized spacial score (nSPS) is 14.1. The number of aryl methyl sites for hydroxylation is 2. The van der Waals surface area contributed by atoms with Crippen LogP contribution in [0.25, 0.3) is 0 Å². The third kappa shape index (κ3) is 4.38. The molecule has 0 saturated carbocycles. The Morgan fingerprint density at radius 1 is 1.08 bits per heavy atom. The van der Waals surface area contributed by atoms with E-state index >= 15 is 0 Å². The number of para-hydroxylation sites is 1. The number of carbonyl (C=O) groups is 1. The lowest BCUT2D eigenvalue weighted by Gasteiger charge is -2.18. The van der Waals surface area contributed by atoms with Crippen LogP contribution in [0.4, 0.5) is 16.2 Å². The van der Waals surface area contributed by atoms with E-state index < -0.39 is 0 Å². The van der Waals surface area contributed by atoms with E-state index in [0.29, 0.717) is 0 Å². The third-order valence-electron chi connectivity index (χ3n) is 4.49. The van der Waals surface area contributed by atoms with Gasteiger partial charge in [-0.1, -0.05) is 24.3 Å². The van der Waals surface area contributed by atoms with Crippen molar-refractivity contribution < 1.29 is 4.79 Å². The molecule has 0 radical (unpaired) electrons. The van der Waals surface area contributed by atoms with Crippen LogP contribution in [-0.2, 0) is 0 Å². The number of rotatable bonds is 4. The highest BCUT2D eigenvalue weighted by Crippen LogP contribution is 2.22. The zero-order chi connectivity index (χ0) is 17.6. The molecular formula is C20H24N4O. The average molecular weight is 336 g/mol. The Morgan fingerprint density at radius 2 is 1.84 bits per heavy atom. The van der Waals surface area contributed by atoms with Crippen molar-refractivity contribution in [3.63, 3.8) is 0 Å². The number of anilines is 2. The Balaban J connectivity index is 1.58. The lowest BCUT2D eigenvalue weighted by molar-refractivity contribution is 0.252. The molecule has 2 aromatic carbocycles. The van der Waals surface area contributed by atoms with Gasteiger partial charge in [-0.2, -0.15) is 5.10 Å². The Kier molecular flexibility index (Phi) is 5.33. The molecule has 2 N–H and O–H groups in total. The Bertz CT molecular complexity index is 779. The fourth-order valence-electron chi connectivity index (χ4n) is 3.00. The largest absolute Gasteiger partial charge is 0.372 e. The van der Waals surface area contributed by atoms with Crippen LogP contribution in [-0.4, -0.2) is 25.3 Å². The van der Waals surface area contributed by atoms with Crippen LogP contribution in [0.2, 0.25) is 0 Å². The van der Waals surface area contributed by atoms with E-state index in [9.17, 15) is 4.79 Å². The molecule has 2 amide bonds. The second-order valence-electron chi connectivity index (χ2n) is 6.37. The van der Waals surface area contributed by atoms with Gasteiger partial charge in [0.25, 0.3) is 0 Å². The van der Waals surface area contributed by atoms with Crippen LogP contribution >= 0.6 is 0 Å². The molecule has 1 saturated heterocycles.